The highest BCUT2D eigenvalue weighted by molar-refractivity contribution is 7.80. The molecule has 1 aromatic rings. The van der Waals surface area contributed by atoms with E-state index in [1.165, 1.54) is 37.0 Å². The largest absolute Gasteiger partial charge is 0.345 e. The van der Waals surface area contributed by atoms with Crippen molar-refractivity contribution in [3.8, 4) is 0 Å². The SMILES string of the molecule is CN(C)C(=O)c1ccccc1NC(=S)NC(=O)CCC1CCCCC1. The quantitative estimate of drug-likeness (QED) is 0.787. The van der Waals surface area contributed by atoms with Gasteiger partial charge in [0.1, 0.15) is 0 Å². The first-order chi connectivity index (χ1) is 12.0. The minimum Gasteiger partial charge on any atom is -0.345 e. The number of hydrogen-bond donors (Lipinski definition) is 2. The van der Waals surface area contributed by atoms with E-state index in [2.05, 4.69) is 10.6 Å². The maximum Gasteiger partial charge on any atom is 0.255 e. The fourth-order valence-electron chi connectivity index (χ4n) is 3.17. The van der Waals surface area contributed by atoms with E-state index in [1.807, 2.05) is 6.07 Å². The minimum absolute atomic E-state index is 0.0699. The van der Waals surface area contributed by atoms with Gasteiger partial charge < -0.3 is 15.5 Å². The number of hydrogen-bond acceptors (Lipinski definition) is 3. The van der Waals surface area contributed by atoms with Crippen molar-refractivity contribution in [2.45, 2.75) is 44.9 Å². The van der Waals surface area contributed by atoms with E-state index in [4.69, 9.17) is 12.2 Å². The van der Waals surface area contributed by atoms with Crippen LogP contribution in [0.15, 0.2) is 24.3 Å². The summed E-state index contributed by atoms with van der Waals surface area (Å²) in [6.45, 7) is 0. The first-order valence-electron chi connectivity index (χ1n) is 8.89. The molecule has 2 N–H and O–H groups in total. The van der Waals surface area contributed by atoms with Crippen molar-refractivity contribution in [2.75, 3.05) is 19.4 Å². The number of carbonyl (C=O) groups excluding carboxylic acids is 2. The summed E-state index contributed by atoms with van der Waals surface area (Å²) < 4.78 is 0. The Morgan fingerprint density at radius 1 is 1.16 bits per heavy atom. The second kappa shape index (κ2) is 9.51. The molecule has 0 aliphatic heterocycles. The molecule has 1 aliphatic carbocycles. The van der Waals surface area contributed by atoms with Crippen LogP contribution in [0.2, 0.25) is 0 Å². The van der Waals surface area contributed by atoms with Crippen LogP contribution in [0.25, 0.3) is 0 Å². The fraction of sp³-hybridized carbons (Fsp3) is 0.526. The molecule has 6 heteroatoms. The van der Waals surface area contributed by atoms with Gasteiger partial charge in [0, 0.05) is 20.5 Å². The fourth-order valence-corrected chi connectivity index (χ4v) is 3.40. The number of thiocarbonyl (C=S) groups is 1. The van der Waals surface area contributed by atoms with Crippen LogP contribution in [0, 0.1) is 5.92 Å². The Morgan fingerprint density at radius 3 is 2.52 bits per heavy atom. The highest BCUT2D eigenvalue weighted by Gasteiger charge is 2.16. The Hall–Kier alpha value is -1.95. The lowest BCUT2D eigenvalue weighted by Crippen LogP contribution is -2.35. The van der Waals surface area contributed by atoms with Crippen LogP contribution in [0.1, 0.15) is 55.3 Å². The molecule has 0 aromatic heterocycles. The van der Waals surface area contributed by atoms with Gasteiger partial charge in [0.15, 0.2) is 5.11 Å². The Bertz CT molecular complexity index is 625. The lowest BCUT2D eigenvalue weighted by atomic mass is 9.86. The molecule has 25 heavy (non-hydrogen) atoms. The lowest BCUT2D eigenvalue weighted by Gasteiger charge is -2.21. The number of rotatable bonds is 5. The Kier molecular flexibility index (Phi) is 7.37. The van der Waals surface area contributed by atoms with E-state index in [0.29, 0.717) is 23.6 Å². The molecule has 1 saturated carbocycles. The van der Waals surface area contributed by atoms with Crippen molar-refractivity contribution >= 4 is 34.8 Å². The van der Waals surface area contributed by atoms with E-state index in [9.17, 15) is 9.59 Å². The Morgan fingerprint density at radius 2 is 1.84 bits per heavy atom. The van der Waals surface area contributed by atoms with Crippen molar-refractivity contribution in [1.82, 2.24) is 10.2 Å². The standard InChI is InChI=1S/C19H27N3O2S/c1-22(2)18(24)15-10-6-7-11-16(15)20-19(25)21-17(23)13-12-14-8-4-3-5-9-14/h6-7,10-11,14H,3-5,8-9,12-13H2,1-2H3,(H2,20,21,23,25). The average molecular weight is 362 g/mol. The number of benzene rings is 1. The number of nitrogens with one attached hydrogen (secondary N) is 2. The first kappa shape index (κ1) is 19.4. The average Bonchev–Trinajstić information content (AvgIpc) is 2.60. The van der Waals surface area contributed by atoms with Crippen LogP contribution >= 0.6 is 12.2 Å². The first-order valence-corrected chi connectivity index (χ1v) is 9.29. The predicted octanol–water partition coefficient (Wildman–Crippen LogP) is 3.56. The van der Waals surface area contributed by atoms with Crippen molar-refractivity contribution in [1.29, 1.82) is 0 Å². The number of nitrogens with zero attached hydrogens (tertiary/aromatic N) is 1. The van der Waals surface area contributed by atoms with Crippen molar-refractivity contribution < 1.29 is 9.59 Å². The number of para-hydroxylation sites is 1. The maximum atomic E-state index is 12.2. The molecule has 1 aromatic carbocycles. The third-order valence-electron chi connectivity index (χ3n) is 4.57. The summed E-state index contributed by atoms with van der Waals surface area (Å²) in [6, 6.07) is 7.13. The van der Waals surface area contributed by atoms with E-state index in [1.54, 1.807) is 32.3 Å². The van der Waals surface area contributed by atoms with Crippen molar-refractivity contribution in [3.05, 3.63) is 29.8 Å². The summed E-state index contributed by atoms with van der Waals surface area (Å²) in [7, 11) is 3.40. The van der Waals surface area contributed by atoms with Crippen LogP contribution in [-0.2, 0) is 4.79 Å². The number of anilines is 1. The van der Waals surface area contributed by atoms with Gasteiger partial charge in [-0.2, -0.15) is 0 Å². The van der Waals surface area contributed by atoms with Crippen molar-refractivity contribution in [2.24, 2.45) is 5.92 Å². The minimum atomic E-state index is -0.116. The molecule has 136 valence electrons. The molecule has 0 bridgehead atoms. The zero-order chi connectivity index (χ0) is 18.2. The maximum absolute atomic E-state index is 12.2. The predicted molar refractivity (Wildman–Crippen MR) is 105 cm³/mol. The van der Waals surface area contributed by atoms with Crippen molar-refractivity contribution in [3.63, 3.8) is 0 Å². The van der Waals surface area contributed by atoms with Crippen LogP contribution in [-0.4, -0.2) is 35.9 Å². The third kappa shape index (κ3) is 6.12. The summed E-state index contributed by atoms with van der Waals surface area (Å²) in [6.07, 6.45) is 7.76. The van der Waals surface area contributed by atoms with Gasteiger partial charge in [0.2, 0.25) is 5.91 Å². The highest BCUT2D eigenvalue weighted by Crippen LogP contribution is 2.27. The molecule has 0 heterocycles. The molecule has 0 spiro atoms. The highest BCUT2D eigenvalue weighted by atomic mass is 32.1. The van der Waals surface area contributed by atoms with E-state index in [0.717, 1.165) is 6.42 Å². The molecule has 0 atom stereocenters. The van der Waals surface area contributed by atoms with Gasteiger partial charge in [-0.25, -0.2) is 0 Å². The molecule has 0 saturated heterocycles. The van der Waals surface area contributed by atoms with Gasteiger partial charge in [0.25, 0.3) is 5.91 Å². The zero-order valence-electron chi connectivity index (χ0n) is 15.0. The molecule has 5 nitrogen and oxygen atoms in total. The molecule has 2 amide bonds. The number of amides is 2. The Balaban J connectivity index is 1.85. The molecule has 0 unspecified atom stereocenters. The summed E-state index contributed by atoms with van der Waals surface area (Å²) in [5, 5.41) is 5.92. The van der Waals surface area contributed by atoms with Crippen LogP contribution < -0.4 is 10.6 Å². The second-order valence-corrected chi connectivity index (χ2v) is 7.20. The monoisotopic (exact) mass is 361 g/mol. The second-order valence-electron chi connectivity index (χ2n) is 6.79. The Labute approximate surface area is 155 Å². The zero-order valence-corrected chi connectivity index (χ0v) is 15.8. The summed E-state index contributed by atoms with van der Waals surface area (Å²) in [5.41, 5.74) is 1.12. The van der Waals surface area contributed by atoms with E-state index < -0.39 is 0 Å². The lowest BCUT2D eigenvalue weighted by molar-refractivity contribution is -0.120. The molecule has 0 radical (unpaired) electrons. The summed E-state index contributed by atoms with van der Waals surface area (Å²) >= 11 is 5.23. The van der Waals surface area contributed by atoms with Gasteiger partial charge in [-0.05, 0) is 36.7 Å². The molecular weight excluding hydrogens is 334 g/mol. The summed E-state index contributed by atoms with van der Waals surface area (Å²) in [5.74, 6) is 0.480. The van der Waals surface area contributed by atoms with Gasteiger partial charge in [-0.15, -0.1) is 0 Å². The van der Waals surface area contributed by atoms with Gasteiger partial charge >= 0.3 is 0 Å². The van der Waals surface area contributed by atoms with Crippen LogP contribution in [0.5, 0.6) is 0 Å². The van der Waals surface area contributed by atoms with Gasteiger partial charge in [0.05, 0.1) is 11.3 Å². The summed E-state index contributed by atoms with van der Waals surface area (Å²) in [4.78, 5) is 25.8. The smallest absolute Gasteiger partial charge is 0.255 e. The topological polar surface area (TPSA) is 61.4 Å². The van der Waals surface area contributed by atoms with E-state index in [-0.39, 0.29) is 16.9 Å². The van der Waals surface area contributed by atoms with Gasteiger partial charge in [-0.3, -0.25) is 9.59 Å². The van der Waals surface area contributed by atoms with E-state index >= 15 is 0 Å². The molecular formula is C19H27N3O2S. The number of carbonyl (C=O) groups is 2. The van der Waals surface area contributed by atoms with Gasteiger partial charge in [-0.1, -0.05) is 44.2 Å². The van der Waals surface area contributed by atoms with Crippen LogP contribution in [0.4, 0.5) is 5.69 Å². The normalized spacial score (nSPS) is 14.6. The molecule has 2 rings (SSSR count). The molecule has 1 fully saturated rings. The third-order valence-corrected chi connectivity index (χ3v) is 4.77. The molecule has 1 aliphatic rings. The van der Waals surface area contributed by atoms with Crippen LogP contribution in [0.3, 0.4) is 0 Å².